The molecule has 1 N–H and O–H groups in total. The van der Waals surface area contributed by atoms with Crippen LogP contribution in [0, 0.1) is 0 Å². The number of anilines is 2. The fourth-order valence-corrected chi connectivity index (χ4v) is 5.18. The van der Waals surface area contributed by atoms with Crippen LogP contribution in [0.25, 0.3) is 0 Å². The zero-order valence-electron chi connectivity index (χ0n) is 14.6. The van der Waals surface area contributed by atoms with Crippen LogP contribution >= 0.6 is 7.67 Å². The second kappa shape index (κ2) is 7.91. The highest BCUT2D eigenvalue weighted by Gasteiger charge is 2.43. The zero-order chi connectivity index (χ0) is 17.7. The molecule has 1 saturated heterocycles. The van der Waals surface area contributed by atoms with Crippen LogP contribution in [-0.4, -0.2) is 45.1 Å². The van der Waals surface area contributed by atoms with Crippen LogP contribution in [0.15, 0.2) is 54.6 Å². The van der Waals surface area contributed by atoms with Gasteiger partial charge in [0.15, 0.2) is 0 Å². The Bertz CT molecular complexity index is 724. The van der Waals surface area contributed by atoms with Gasteiger partial charge in [0.1, 0.15) is 5.75 Å². The van der Waals surface area contributed by atoms with E-state index in [1.807, 2.05) is 63.9 Å². The SMILES string of the molecule is COc1ccc(N2CCN(CCNc3ccccc3)P2(=O)OC)cc1. The highest BCUT2D eigenvalue weighted by atomic mass is 31.2. The highest BCUT2D eigenvalue weighted by Crippen LogP contribution is 2.58. The van der Waals surface area contributed by atoms with Gasteiger partial charge in [0.2, 0.25) is 0 Å². The molecule has 7 heteroatoms. The number of nitrogens with one attached hydrogen (secondary N) is 1. The minimum Gasteiger partial charge on any atom is -0.497 e. The average Bonchev–Trinajstić information content (AvgIpc) is 3.00. The number of nitrogens with zero attached hydrogens (tertiary/aromatic N) is 2. The molecule has 0 aromatic heterocycles. The number of hydrogen-bond acceptors (Lipinski definition) is 4. The fourth-order valence-electron chi connectivity index (χ4n) is 2.98. The molecular weight excluding hydrogens is 337 g/mol. The molecule has 3 rings (SSSR count). The van der Waals surface area contributed by atoms with E-state index in [0.717, 1.165) is 17.1 Å². The van der Waals surface area contributed by atoms with E-state index < -0.39 is 7.67 Å². The van der Waals surface area contributed by atoms with Gasteiger partial charge in [0.25, 0.3) is 0 Å². The van der Waals surface area contributed by atoms with E-state index >= 15 is 0 Å². The first-order valence-corrected chi connectivity index (χ1v) is 9.82. The van der Waals surface area contributed by atoms with E-state index in [4.69, 9.17) is 9.26 Å². The molecule has 1 unspecified atom stereocenters. The summed E-state index contributed by atoms with van der Waals surface area (Å²) in [5.74, 6) is 0.777. The van der Waals surface area contributed by atoms with Crippen LogP contribution in [0.4, 0.5) is 11.4 Å². The number of hydrogen-bond donors (Lipinski definition) is 1. The minimum absolute atomic E-state index is 0.646. The summed E-state index contributed by atoms with van der Waals surface area (Å²) < 4.78 is 27.9. The van der Waals surface area contributed by atoms with Gasteiger partial charge in [-0.2, -0.15) is 0 Å². The van der Waals surface area contributed by atoms with Crippen molar-refractivity contribution in [2.24, 2.45) is 0 Å². The number of rotatable bonds is 7. The molecule has 0 bridgehead atoms. The molecule has 6 nitrogen and oxygen atoms in total. The Labute approximate surface area is 148 Å². The monoisotopic (exact) mass is 361 g/mol. The summed E-state index contributed by atoms with van der Waals surface area (Å²) in [6.45, 7) is 2.72. The molecule has 1 heterocycles. The Morgan fingerprint density at radius 1 is 1.04 bits per heavy atom. The zero-order valence-corrected chi connectivity index (χ0v) is 15.5. The van der Waals surface area contributed by atoms with Crippen molar-refractivity contribution >= 4 is 19.0 Å². The van der Waals surface area contributed by atoms with Gasteiger partial charge in [-0.3, -0.25) is 4.67 Å². The molecule has 0 aliphatic carbocycles. The Kier molecular flexibility index (Phi) is 5.63. The van der Waals surface area contributed by atoms with E-state index in [0.29, 0.717) is 26.2 Å². The Morgan fingerprint density at radius 3 is 2.40 bits per heavy atom. The Morgan fingerprint density at radius 2 is 1.76 bits per heavy atom. The van der Waals surface area contributed by atoms with Crippen LogP contribution in [0.5, 0.6) is 5.75 Å². The van der Waals surface area contributed by atoms with Crippen molar-refractivity contribution < 1.29 is 13.8 Å². The number of methoxy groups -OCH3 is 1. The van der Waals surface area contributed by atoms with E-state index in [-0.39, 0.29) is 0 Å². The molecule has 0 spiro atoms. The van der Waals surface area contributed by atoms with Gasteiger partial charge in [-0.25, -0.2) is 9.24 Å². The summed E-state index contributed by atoms with van der Waals surface area (Å²) in [5, 5.41) is 3.35. The lowest BCUT2D eigenvalue weighted by Crippen LogP contribution is -2.25. The number of ether oxygens (including phenoxy) is 1. The van der Waals surface area contributed by atoms with Gasteiger partial charge in [-0.05, 0) is 36.4 Å². The second-order valence-electron chi connectivity index (χ2n) is 5.74. The number of benzene rings is 2. The van der Waals surface area contributed by atoms with E-state index in [1.165, 1.54) is 7.11 Å². The molecule has 1 aliphatic heterocycles. The molecule has 1 aliphatic rings. The molecular formula is C18H24N3O3P. The lowest BCUT2D eigenvalue weighted by atomic mass is 10.3. The van der Waals surface area contributed by atoms with Crippen LogP contribution in [-0.2, 0) is 9.09 Å². The molecule has 0 saturated carbocycles. The van der Waals surface area contributed by atoms with Crippen molar-refractivity contribution in [3.05, 3.63) is 54.6 Å². The molecule has 134 valence electrons. The summed E-state index contributed by atoms with van der Waals surface area (Å²) in [5.41, 5.74) is 1.94. The summed E-state index contributed by atoms with van der Waals surface area (Å²) in [6, 6.07) is 17.6. The molecule has 0 amide bonds. The van der Waals surface area contributed by atoms with Crippen LogP contribution < -0.4 is 14.7 Å². The topological polar surface area (TPSA) is 54.0 Å². The van der Waals surface area contributed by atoms with Gasteiger partial charge >= 0.3 is 7.67 Å². The first-order chi connectivity index (χ1) is 12.2. The maximum Gasteiger partial charge on any atom is 0.371 e. The van der Waals surface area contributed by atoms with Gasteiger partial charge in [0.05, 0.1) is 7.11 Å². The molecule has 2 aromatic rings. The molecule has 0 radical (unpaired) electrons. The predicted molar refractivity (Wildman–Crippen MR) is 101 cm³/mol. The highest BCUT2D eigenvalue weighted by molar-refractivity contribution is 7.58. The van der Waals surface area contributed by atoms with E-state index in [1.54, 1.807) is 7.11 Å². The quantitative estimate of drug-likeness (QED) is 0.759. The van der Waals surface area contributed by atoms with Gasteiger partial charge in [0, 0.05) is 44.7 Å². The normalized spacial score (nSPS) is 20.6. The lowest BCUT2D eigenvalue weighted by molar-refractivity contribution is 0.332. The van der Waals surface area contributed by atoms with E-state index in [2.05, 4.69) is 5.32 Å². The Hall–Kier alpha value is -2.01. The minimum atomic E-state index is -3.05. The second-order valence-corrected chi connectivity index (χ2v) is 8.14. The van der Waals surface area contributed by atoms with Crippen molar-refractivity contribution in [1.29, 1.82) is 0 Å². The summed E-state index contributed by atoms with van der Waals surface area (Å²) in [4.78, 5) is 0. The molecule has 1 fully saturated rings. The molecule has 25 heavy (non-hydrogen) atoms. The maximum absolute atomic E-state index is 13.4. The van der Waals surface area contributed by atoms with Gasteiger partial charge < -0.3 is 14.6 Å². The third-order valence-electron chi connectivity index (χ3n) is 4.31. The summed E-state index contributed by atoms with van der Waals surface area (Å²) in [6.07, 6.45) is 0. The van der Waals surface area contributed by atoms with Crippen LogP contribution in [0.1, 0.15) is 0 Å². The third kappa shape index (κ3) is 3.82. The van der Waals surface area contributed by atoms with Crippen molar-refractivity contribution in [3.8, 4) is 5.75 Å². The molecule has 2 aromatic carbocycles. The third-order valence-corrected chi connectivity index (χ3v) is 6.95. The van der Waals surface area contributed by atoms with Gasteiger partial charge in [-0.15, -0.1) is 0 Å². The standard InChI is InChI=1S/C18H24N3O3P/c1-23-18-10-8-17(9-11-18)21-15-14-20(25(21,22)24-2)13-12-19-16-6-4-3-5-7-16/h3-11,19H,12-15H2,1-2H3. The smallest absolute Gasteiger partial charge is 0.371 e. The maximum atomic E-state index is 13.4. The Balaban J connectivity index is 1.66. The first-order valence-electron chi connectivity index (χ1n) is 8.29. The van der Waals surface area contributed by atoms with Crippen molar-refractivity contribution in [2.45, 2.75) is 0 Å². The van der Waals surface area contributed by atoms with Crippen molar-refractivity contribution in [1.82, 2.24) is 4.67 Å². The van der Waals surface area contributed by atoms with E-state index in [9.17, 15) is 4.57 Å². The first kappa shape index (κ1) is 17.8. The van der Waals surface area contributed by atoms with Gasteiger partial charge in [-0.1, -0.05) is 18.2 Å². The van der Waals surface area contributed by atoms with Crippen molar-refractivity contribution in [3.63, 3.8) is 0 Å². The van der Waals surface area contributed by atoms with Crippen LogP contribution in [0.2, 0.25) is 0 Å². The molecule has 1 atom stereocenters. The average molecular weight is 361 g/mol. The largest absolute Gasteiger partial charge is 0.497 e. The number of para-hydroxylation sites is 1. The predicted octanol–water partition coefficient (Wildman–Crippen LogP) is 3.68. The van der Waals surface area contributed by atoms with Crippen LogP contribution in [0.3, 0.4) is 0 Å². The fraction of sp³-hybridized carbons (Fsp3) is 0.333. The summed E-state index contributed by atoms with van der Waals surface area (Å²) in [7, 11) is 0.0933. The van der Waals surface area contributed by atoms with Crippen molar-refractivity contribution in [2.75, 3.05) is 50.4 Å². The lowest BCUT2D eigenvalue weighted by Gasteiger charge is -2.29. The summed E-state index contributed by atoms with van der Waals surface area (Å²) >= 11 is 0.